The van der Waals surface area contributed by atoms with E-state index in [1.807, 2.05) is 0 Å². The van der Waals surface area contributed by atoms with Crippen LogP contribution in [0.15, 0.2) is 34.9 Å². The minimum Gasteiger partial charge on any atom is -0.339 e. The second-order valence-electron chi connectivity index (χ2n) is 6.91. The summed E-state index contributed by atoms with van der Waals surface area (Å²) in [6.45, 7) is 9.42. The van der Waals surface area contributed by atoms with Gasteiger partial charge in [-0.15, -0.1) is 0 Å². The van der Waals surface area contributed by atoms with Crippen LogP contribution >= 0.6 is 0 Å². The van der Waals surface area contributed by atoms with Crippen molar-refractivity contribution in [1.82, 2.24) is 15.0 Å². The maximum atomic E-state index is 5.49. The van der Waals surface area contributed by atoms with Crippen LogP contribution in [0.1, 0.15) is 50.4 Å². The molecule has 0 spiro atoms. The number of benzene rings is 1. The van der Waals surface area contributed by atoms with Crippen molar-refractivity contribution in [3.05, 3.63) is 47.6 Å². The Morgan fingerprint density at radius 1 is 1.24 bits per heavy atom. The number of rotatable bonds is 3. The summed E-state index contributed by atoms with van der Waals surface area (Å²) in [5.41, 5.74) is 1.31. The van der Waals surface area contributed by atoms with Gasteiger partial charge in [0.2, 0.25) is 5.89 Å². The molecule has 0 bridgehead atoms. The molecule has 1 aromatic heterocycles. The predicted octanol–water partition coefficient (Wildman–Crippen LogP) is 3.36. The fourth-order valence-corrected chi connectivity index (χ4v) is 2.73. The number of likely N-dealkylation sites (tertiary alicyclic amines) is 1. The Bertz CT molecular complexity index is 586. The first-order valence-electron chi connectivity index (χ1n) is 7.63. The molecule has 112 valence electrons. The quantitative estimate of drug-likeness (QED) is 0.867. The van der Waals surface area contributed by atoms with Crippen LogP contribution in [0.5, 0.6) is 0 Å². The molecule has 0 aliphatic carbocycles. The van der Waals surface area contributed by atoms with E-state index in [9.17, 15) is 0 Å². The van der Waals surface area contributed by atoms with E-state index in [2.05, 4.69) is 66.1 Å². The van der Waals surface area contributed by atoms with Crippen molar-refractivity contribution < 1.29 is 4.52 Å². The van der Waals surface area contributed by atoms with E-state index in [-0.39, 0.29) is 5.41 Å². The van der Waals surface area contributed by atoms with Crippen molar-refractivity contribution in [1.29, 1.82) is 0 Å². The zero-order chi connectivity index (χ0) is 14.9. The summed E-state index contributed by atoms with van der Waals surface area (Å²) in [5, 5.41) is 4.14. The molecule has 1 aliphatic heterocycles. The summed E-state index contributed by atoms with van der Waals surface area (Å²) in [4.78, 5) is 7.06. The van der Waals surface area contributed by atoms with Crippen LogP contribution < -0.4 is 0 Å². The number of hydrogen-bond acceptors (Lipinski definition) is 4. The van der Waals surface area contributed by atoms with Gasteiger partial charge in [-0.3, -0.25) is 4.90 Å². The standard InChI is InChI=1S/C17H23N3O/c1-17(2,3)16-18-15(21-19-16)14-9-10-20(12-14)11-13-7-5-4-6-8-13/h4-8,14H,9-12H2,1-3H3/t14-/m1/s1. The molecule has 2 aromatic rings. The predicted molar refractivity (Wildman–Crippen MR) is 82.1 cm³/mol. The van der Waals surface area contributed by atoms with Gasteiger partial charge in [0.15, 0.2) is 5.82 Å². The zero-order valence-corrected chi connectivity index (χ0v) is 13.0. The minimum atomic E-state index is -0.0515. The van der Waals surface area contributed by atoms with Crippen molar-refractivity contribution in [3.8, 4) is 0 Å². The van der Waals surface area contributed by atoms with Crippen LogP contribution in [-0.4, -0.2) is 28.1 Å². The molecule has 1 aliphatic rings. The van der Waals surface area contributed by atoms with Crippen molar-refractivity contribution in [3.63, 3.8) is 0 Å². The number of aromatic nitrogens is 2. The van der Waals surface area contributed by atoms with Gasteiger partial charge in [0.1, 0.15) is 0 Å². The first-order valence-corrected chi connectivity index (χ1v) is 7.63. The van der Waals surface area contributed by atoms with Crippen molar-refractivity contribution in [2.75, 3.05) is 13.1 Å². The summed E-state index contributed by atoms with van der Waals surface area (Å²) in [7, 11) is 0. The molecule has 2 heterocycles. The fourth-order valence-electron chi connectivity index (χ4n) is 2.73. The van der Waals surface area contributed by atoms with E-state index in [1.54, 1.807) is 0 Å². The summed E-state index contributed by atoms with van der Waals surface area (Å²) < 4.78 is 5.49. The highest BCUT2D eigenvalue weighted by Crippen LogP contribution is 2.29. The molecule has 1 atom stereocenters. The van der Waals surface area contributed by atoms with Crippen LogP contribution in [0, 0.1) is 0 Å². The first-order chi connectivity index (χ1) is 10.0. The molecule has 0 radical (unpaired) electrons. The highest BCUT2D eigenvalue weighted by atomic mass is 16.5. The Balaban J connectivity index is 1.63. The molecule has 1 aromatic carbocycles. The van der Waals surface area contributed by atoms with E-state index in [0.717, 1.165) is 37.8 Å². The van der Waals surface area contributed by atoms with E-state index in [4.69, 9.17) is 4.52 Å². The highest BCUT2D eigenvalue weighted by Gasteiger charge is 2.30. The third-order valence-electron chi connectivity index (χ3n) is 3.98. The smallest absolute Gasteiger partial charge is 0.231 e. The van der Waals surface area contributed by atoms with Crippen molar-refractivity contribution >= 4 is 0 Å². The van der Waals surface area contributed by atoms with E-state index in [1.165, 1.54) is 5.56 Å². The van der Waals surface area contributed by atoms with Crippen LogP contribution in [-0.2, 0) is 12.0 Å². The molecule has 0 saturated carbocycles. The topological polar surface area (TPSA) is 42.2 Å². The Morgan fingerprint density at radius 3 is 2.67 bits per heavy atom. The lowest BCUT2D eigenvalue weighted by atomic mass is 9.96. The van der Waals surface area contributed by atoms with Gasteiger partial charge in [-0.05, 0) is 18.5 Å². The van der Waals surface area contributed by atoms with E-state index >= 15 is 0 Å². The lowest BCUT2D eigenvalue weighted by molar-refractivity contribution is 0.307. The van der Waals surface area contributed by atoms with Crippen LogP contribution in [0.25, 0.3) is 0 Å². The monoisotopic (exact) mass is 285 g/mol. The zero-order valence-electron chi connectivity index (χ0n) is 13.0. The van der Waals surface area contributed by atoms with Gasteiger partial charge >= 0.3 is 0 Å². The second kappa shape index (κ2) is 5.60. The van der Waals surface area contributed by atoms with Crippen LogP contribution in [0.4, 0.5) is 0 Å². The van der Waals surface area contributed by atoms with Gasteiger partial charge in [0, 0.05) is 18.5 Å². The van der Waals surface area contributed by atoms with Gasteiger partial charge in [-0.2, -0.15) is 4.98 Å². The van der Waals surface area contributed by atoms with E-state index < -0.39 is 0 Å². The Labute approximate surface area is 126 Å². The first kappa shape index (κ1) is 14.3. The lowest BCUT2D eigenvalue weighted by Crippen LogP contribution is -2.19. The molecule has 3 rings (SSSR count). The van der Waals surface area contributed by atoms with Gasteiger partial charge in [-0.25, -0.2) is 0 Å². The number of hydrogen-bond donors (Lipinski definition) is 0. The third kappa shape index (κ3) is 3.32. The average Bonchev–Trinajstić information content (AvgIpc) is 3.07. The lowest BCUT2D eigenvalue weighted by Gasteiger charge is -2.15. The van der Waals surface area contributed by atoms with Crippen molar-refractivity contribution in [2.24, 2.45) is 0 Å². The van der Waals surface area contributed by atoms with Gasteiger partial charge in [-0.1, -0.05) is 56.3 Å². The Hall–Kier alpha value is -1.68. The minimum absolute atomic E-state index is 0.0515. The highest BCUT2D eigenvalue weighted by molar-refractivity contribution is 5.15. The van der Waals surface area contributed by atoms with Gasteiger partial charge < -0.3 is 4.52 Å². The fraction of sp³-hybridized carbons (Fsp3) is 0.529. The molecular weight excluding hydrogens is 262 g/mol. The summed E-state index contributed by atoms with van der Waals surface area (Å²) >= 11 is 0. The summed E-state index contributed by atoms with van der Waals surface area (Å²) in [6.07, 6.45) is 1.10. The number of nitrogens with zero attached hydrogens (tertiary/aromatic N) is 3. The molecule has 4 heteroatoms. The second-order valence-corrected chi connectivity index (χ2v) is 6.91. The molecule has 21 heavy (non-hydrogen) atoms. The molecular formula is C17H23N3O. The maximum absolute atomic E-state index is 5.49. The Kier molecular flexibility index (Phi) is 3.81. The third-order valence-corrected chi connectivity index (χ3v) is 3.98. The molecule has 0 amide bonds. The summed E-state index contributed by atoms with van der Waals surface area (Å²) in [5.74, 6) is 1.98. The molecule has 1 saturated heterocycles. The molecule has 1 fully saturated rings. The normalized spacial score (nSPS) is 20.0. The van der Waals surface area contributed by atoms with Gasteiger partial charge in [0.05, 0.1) is 5.92 Å². The SMILES string of the molecule is CC(C)(C)c1noc([C@@H]2CCN(Cc3ccccc3)C2)n1. The largest absolute Gasteiger partial charge is 0.339 e. The Morgan fingerprint density at radius 2 is 2.00 bits per heavy atom. The molecule has 0 unspecified atom stereocenters. The van der Waals surface area contributed by atoms with Crippen LogP contribution in [0.2, 0.25) is 0 Å². The van der Waals surface area contributed by atoms with Gasteiger partial charge in [0.25, 0.3) is 0 Å². The molecule has 0 N–H and O–H groups in total. The van der Waals surface area contributed by atoms with Crippen LogP contribution in [0.3, 0.4) is 0 Å². The molecule has 4 nitrogen and oxygen atoms in total. The van der Waals surface area contributed by atoms with Crippen molar-refractivity contribution in [2.45, 2.75) is 45.1 Å². The van der Waals surface area contributed by atoms with E-state index in [0.29, 0.717) is 5.92 Å². The average molecular weight is 285 g/mol. The maximum Gasteiger partial charge on any atom is 0.231 e. The summed E-state index contributed by atoms with van der Waals surface area (Å²) in [6, 6.07) is 10.6.